The summed E-state index contributed by atoms with van der Waals surface area (Å²) < 4.78 is 0. The fourth-order valence-electron chi connectivity index (χ4n) is 5.59. The van der Waals surface area contributed by atoms with Gasteiger partial charge in [-0.1, -0.05) is 51.1 Å². The molecule has 0 aromatic heterocycles. The van der Waals surface area contributed by atoms with E-state index in [1.54, 1.807) is 0 Å². The largest absolute Gasteiger partial charge is 0.340 e. The molecule has 0 atom stereocenters. The summed E-state index contributed by atoms with van der Waals surface area (Å²) in [6, 6.07) is 9.94. The SMILES string of the molecule is CC(C)(C)C1CCC2(CC1)NC(=O)N(CC(=O)N1CCCN(Cc3ccccc3)CC1)C2=O. The van der Waals surface area contributed by atoms with Gasteiger partial charge >= 0.3 is 6.03 Å². The molecule has 2 aliphatic heterocycles. The second-order valence-electron chi connectivity index (χ2n) is 11.0. The van der Waals surface area contributed by atoms with E-state index < -0.39 is 11.6 Å². The maximum absolute atomic E-state index is 13.3. The van der Waals surface area contributed by atoms with Crippen molar-refractivity contribution < 1.29 is 14.4 Å². The number of nitrogens with zero attached hydrogens (tertiary/aromatic N) is 3. The Bertz CT molecular complexity index is 871. The van der Waals surface area contributed by atoms with Crippen molar-refractivity contribution in [1.29, 1.82) is 0 Å². The van der Waals surface area contributed by atoms with E-state index in [9.17, 15) is 14.4 Å². The van der Waals surface area contributed by atoms with Crippen molar-refractivity contribution in [3.63, 3.8) is 0 Å². The second-order valence-corrected chi connectivity index (χ2v) is 11.0. The van der Waals surface area contributed by atoms with E-state index in [0.717, 1.165) is 43.8 Å². The van der Waals surface area contributed by atoms with Gasteiger partial charge in [0.2, 0.25) is 5.91 Å². The molecular weight excluding hydrogens is 416 g/mol. The summed E-state index contributed by atoms with van der Waals surface area (Å²) in [4.78, 5) is 44.3. The Morgan fingerprint density at radius 2 is 1.73 bits per heavy atom. The molecular formula is C26H38N4O3. The van der Waals surface area contributed by atoms with E-state index in [2.05, 4.69) is 43.1 Å². The maximum Gasteiger partial charge on any atom is 0.325 e. The minimum atomic E-state index is -0.815. The first-order chi connectivity index (χ1) is 15.7. The zero-order valence-corrected chi connectivity index (χ0v) is 20.3. The summed E-state index contributed by atoms with van der Waals surface area (Å²) in [6.45, 7) is 10.4. The maximum atomic E-state index is 13.3. The van der Waals surface area contributed by atoms with Crippen LogP contribution in [0.15, 0.2) is 30.3 Å². The van der Waals surface area contributed by atoms with Gasteiger partial charge in [-0.15, -0.1) is 0 Å². The summed E-state index contributed by atoms with van der Waals surface area (Å²) in [5, 5.41) is 2.95. The quantitative estimate of drug-likeness (QED) is 0.709. The van der Waals surface area contributed by atoms with E-state index in [1.807, 2.05) is 23.1 Å². The van der Waals surface area contributed by atoms with E-state index in [0.29, 0.717) is 31.8 Å². The Labute approximate surface area is 197 Å². The summed E-state index contributed by atoms with van der Waals surface area (Å²) in [5.74, 6) is 0.189. The van der Waals surface area contributed by atoms with Crippen LogP contribution >= 0.6 is 0 Å². The highest BCUT2D eigenvalue weighted by Gasteiger charge is 2.53. The molecule has 2 saturated heterocycles. The highest BCUT2D eigenvalue weighted by atomic mass is 16.2. The molecule has 3 fully saturated rings. The molecule has 33 heavy (non-hydrogen) atoms. The lowest BCUT2D eigenvalue weighted by molar-refractivity contribution is -0.139. The number of rotatable bonds is 4. The van der Waals surface area contributed by atoms with E-state index in [4.69, 9.17) is 0 Å². The molecule has 4 rings (SSSR count). The molecule has 1 spiro atoms. The summed E-state index contributed by atoms with van der Waals surface area (Å²) >= 11 is 0. The van der Waals surface area contributed by atoms with Gasteiger partial charge in [0.05, 0.1) is 0 Å². The van der Waals surface area contributed by atoms with Crippen molar-refractivity contribution in [3.8, 4) is 0 Å². The van der Waals surface area contributed by atoms with Crippen molar-refractivity contribution in [3.05, 3.63) is 35.9 Å². The Hall–Kier alpha value is -2.41. The Balaban J connectivity index is 1.32. The number of urea groups is 1. The number of benzene rings is 1. The van der Waals surface area contributed by atoms with Crippen LogP contribution in [0.4, 0.5) is 4.79 Å². The van der Waals surface area contributed by atoms with Crippen molar-refractivity contribution in [2.24, 2.45) is 11.3 Å². The van der Waals surface area contributed by atoms with Crippen molar-refractivity contribution in [2.45, 2.75) is 65.0 Å². The predicted molar refractivity (Wildman–Crippen MR) is 127 cm³/mol. The molecule has 180 valence electrons. The minimum absolute atomic E-state index is 0.138. The van der Waals surface area contributed by atoms with Crippen molar-refractivity contribution in [2.75, 3.05) is 32.7 Å². The van der Waals surface area contributed by atoms with Crippen molar-refractivity contribution >= 4 is 17.8 Å². The molecule has 1 aromatic carbocycles. The van der Waals surface area contributed by atoms with Crippen LogP contribution in [0.1, 0.15) is 58.4 Å². The van der Waals surface area contributed by atoms with Gasteiger partial charge in [-0.2, -0.15) is 0 Å². The summed E-state index contributed by atoms with van der Waals surface area (Å²) in [7, 11) is 0. The van der Waals surface area contributed by atoms with E-state index >= 15 is 0 Å². The molecule has 1 aliphatic carbocycles. The van der Waals surface area contributed by atoms with E-state index in [1.165, 1.54) is 5.56 Å². The van der Waals surface area contributed by atoms with Crippen LogP contribution in [0.3, 0.4) is 0 Å². The van der Waals surface area contributed by atoms with Crippen molar-refractivity contribution in [1.82, 2.24) is 20.0 Å². The van der Waals surface area contributed by atoms with Crippen LogP contribution in [-0.4, -0.2) is 70.8 Å². The minimum Gasteiger partial charge on any atom is -0.340 e. The molecule has 7 heteroatoms. The third-order valence-electron chi connectivity index (χ3n) is 7.79. The lowest BCUT2D eigenvalue weighted by Crippen LogP contribution is -2.51. The number of carbonyl (C=O) groups excluding carboxylic acids is 3. The number of imide groups is 1. The monoisotopic (exact) mass is 454 g/mol. The molecule has 1 saturated carbocycles. The normalized spacial score (nSPS) is 27.1. The molecule has 2 heterocycles. The zero-order valence-electron chi connectivity index (χ0n) is 20.3. The first-order valence-corrected chi connectivity index (χ1v) is 12.4. The lowest BCUT2D eigenvalue weighted by atomic mass is 9.67. The molecule has 0 unspecified atom stereocenters. The first-order valence-electron chi connectivity index (χ1n) is 12.4. The molecule has 1 aromatic rings. The lowest BCUT2D eigenvalue weighted by Gasteiger charge is -2.40. The highest BCUT2D eigenvalue weighted by Crippen LogP contribution is 2.43. The number of hydrogen-bond acceptors (Lipinski definition) is 4. The average Bonchev–Trinajstić information content (AvgIpc) is 2.93. The molecule has 1 N–H and O–H groups in total. The van der Waals surface area contributed by atoms with Gasteiger partial charge in [0.25, 0.3) is 5.91 Å². The Morgan fingerprint density at radius 1 is 1.03 bits per heavy atom. The van der Waals surface area contributed by atoms with Crippen LogP contribution < -0.4 is 5.32 Å². The van der Waals surface area contributed by atoms with Gasteiger partial charge in [-0.05, 0) is 49.0 Å². The van der Waals surface area contributed by atoms with Crippen LogP contribution in [0.5, 0.6) is 0 Å². The van der Waals surface area contributed by atoms with Gasteiger partial charge < -0.3 is 10.2 Å². The van der Waals surface area contributed by atoms with Crippen LogP contribution in [-0.2, 0) is 16.1 Å². The fourth-order valence-corrected chi connectivity index (χ4v) is 5.59. The molecule has 0 radical (unpaired) electrons. The number of hydrogen-bond donors (Lipinski definition) is 1. The Kier molecular flexibility index (Phi) is 6.80. The van der Waals surface area contributed by atoms with Gasteiger partial charge in [0, 0.05) is 32.7 Å². The van der Waals surface area contributed by atoms with Gasteiger partial charge in [-0.3, -0.25) is 19.4 Å². The summed E-state index contributed by atoms with van der Waals surface area (Å²) in [6.07, 6.45) is 4.03. The molecule has 7 nitrogen and oxygen atoms in total. The molecule has 0 bridgehead atoms. The predicted octanol–water partition coefficient (Wildman–Crippen LogP) is 3.25. The zero-order chi connectivity index (χ0) is 23.6. The molecule has 4 amide bonds. The van der Waals surface area contributed by atoms with Gasteiger partial charge in [0.15, 0.2) is 0 Å². The fraction of sp³-hybridized carbons (Fsp3) is 0.654. The third-order valence-corrected chi connectivity index (χ3v) is 7.79. The van der Waals surface area contributed by atoms with Gasteiger partial charge in [0.1, 0.15) is 12.1 Å². The average molecular weight is 455 g/mol. The second kappa shape index (κ2) is 9.45. The van der Waals surface area contributed by atoms with Crippen LogP contribution in [0.2, 0.25) is 0 Å². The topological polar surface area (TPSA) is 73.0 Å². The highest BCUT2D eigenvalue weighted by molar-refractivity contribution is 6.09. The first kappa shape index (κ1) is 23.7. The standard InChI is InChI=1S/C26H38N4O3/c1-25(2,3)21-10-12-26(13-11-21)23(32)30(24(33)27-26)19-22(31)29-15-7-14-28(16-17-29)18-20-8-5-4-6-9-20/h4-6,8-9,21H,7,10-19H2,1-3H3,(H,27,33). The Morgan fingerprint density at radius 3 is 2.39 bits per heavy atom. The smallest absolute Gasteiger partial charge is 0.325 e. The third kappa shape index (κ3) is 5.24. The molecule has 3 aliphatic rings. The number of carbonyl (C=O) groups is 3. The van der Waals surface area contributed by atoms with Crippen LogP contribution in [0.25, 0.3) is 0 Å². The van der Waals surface area contributed by atoms with Gasteiger partial charge in [-0.25, -0.2) is 4.79 Å². The number of nitrogens with one attached hydrogen (secondary N) is 1. The number of amides is 4. The van der Waals surface area contributed by atoms with Crippen LogP contribution in [0, 0.1) is 11.3 Å². The van der Waals surface area contributed by atoms with E-state index in [-0.39, 0.29) is 23.8 Å². The summed E-state index contributed by atoms with van der Waals surface area (Å²) in [5.41, 5.74) is 0.650.